The third kappa shape index (κ3) is 5.89. The maximum atomic E-state index is 13.2. The normalized spacial score (nSPS) is 14.1. The summed E-state index contributed by atoms with van der Waals surface area (Å²) in [4.78, 5) is 38.7. The van der Waals surface area contributed by atoms with Gasteiger partial charge in [-0.1, -0.05) is 40.2 Å². The Morgan fingerprint density at radius 1 is 1.08 bits per heavy atom. The van der Waals surface area contributed by atoms with Crippen molar-refractivity contribution in [3.8, 4) is 11.5 Å². The van der Waals surface area contributed by atoms with E-state index in [1.165, 1.54) is 25.3 Å². The first-order chi connectivity index (χ1) is 17.3. The van der Waals surface area contributed by atoms with E-state index < -0.39 is 24.4 Å². The van der Waals surface area contributed by atoms with E-state index in [4.69, 9.17) is 9.47 Å². The van der Waals surface area contributed by atoms with E-state index in [0.717, 1.165) is 14.9 Å². The van der Waals surface area contributed by atoms with Crippen LogP contribution in [0.25, 0.3) is 6.08 Å². The van der Waals surface area contributed by atoms with Gasteiger partial charge in [0, 0.05) is 10.0 Å². The Bertz CT molecular complexity index is 1340. The van der Waals surface area contributed by atoms with Crippen molar-refractivity contribution < 1.29 is 28.2 Å². The van der Waals surface area contributed by atoms with Crippen LogP contribution in [0.15, 0.2) is 76.9 Å². The topological polar surface area (TPSA) is 97.0 Å². The maximum absolute atomic E-state index is 13.2. The molecule has 0 unspecified atom stereocenters. The number of para-hydroxylation sites is 2. The van der Waals surface area contributed by atoms with Crippen LogP contribution in [0.5, 0.6) is 11.5 Å². The van der Waals surface area contributed by atoms with Crippen LogP contribution >= 0.6 is 15.9 Å². The second-order valence-corrected chi connectivity index (χ2v) is 8.64. The molecular weight excluding hydrogens is 533 g/mol. The van der Waals surface area contributed by atoms with E-state index in [0.29, 0.717) is 22.7 Å². The fourth-order valence-electron chi connectivity index (χ4n) is 3.46. The summed E-state index contributed by atoms with van der Waals surface area (Å²) in [7, 11) is 1.47. The van der Waals surface area contributed by atoms with Crippen LogP contribution in [0.2, 0.25) is 0 Å². The lowest BCUT2D eigenvalue weighted by molar-refractivity contribution is -0.127. The fraction of sp³-hybridized carbons (Fsp3) is 0.115. The summed E-state index contributed by atoms with van der Waals surface area (Å²) in [5.41, 5.74) is 1.70. The van der Waals surface area contributed by atoms with Gasteiger partial charge in [0.05, 0.1) is 12.8 Å². The minimum Gasteiger partial charge on any atom is -0.495 e. The number of halogens is 2. The quantitative estimate of drug-likeness (QED) is 0.311. The molecule has 1 aliphatic heterocycles. The standard InChI is InChI=1S/C26H21BrFN3O5/c1-35-23-5-3-2-4-20(23)29-24(32)14-31-25(33)21(30-26(31)34)13-17-12-18(27)8-11-22(17)36-15-16-6-9-19(28)10-7-16/h2-13H,14-15H2,1H3,(H,29,32)(H,30,34)/b21-13+. The predicted molar refractivity (Wildman–Crippen MR) is 135 cm³/mol. The molecule has 184 valence electrons. The highest BCUT2D eigenvalue weighted by atomic mass is 79.9. The first kappa shape index (κ1) is 24.9. The Balaban J connectivity index is 1.48. The highest BCUT2D eigenvalue weighted by molar-refractivity contribution is 9.10. The molecule has 3 aromatic rings. The number of rotatable bonds is 8. The minimum atomic E-state index is -0.717. The van der Waals surface area contributed by atoms with E-state index in [1.807, 2.05) is 0 Å². The zero-order chi connectivity index (χ0) is 25.7. The minimum absolute atomic E-state index is 0.00479. The molecule has 0 aliphatic carbocycles. The summed E-state index contributed by atoms with van der Waals surface area (Å²) >= 11 is 3.39. The summed E-state index contributed by atoms with van der Waals surface area (Å²) in [6.45, 7) is -0.305. The Kier molecular flexibility index (Phi) is 7.65. The number of methoxy groups -OCH3 is 1. The van der Waals surface area contributed by atoms with Crippen LogP contribution in [0.1, 0.15) is 11.1 Å². The highest BCUT2D eigenvalue weighted by Crippen LogP contribution is 2.28. The van der Waals surface area contributed by atoms with Gasteiger partial charge >= 0.3 is 6.03 Å². The Morgan fingerprint density at radius 3 is 2.58 bits per heavy atom. The number of urea groups is 1. The molecule has 0 radical (unpaired) electrons. The lowest BCUT2D eigenvalue weighted by Gasteiger charge is -2.13. The number of amides is 4. The molecule has 10 heteroatoms. The SMILES string of the molecule is COc1ccccc1NC(=O)CN1C(=O)N/C(=C/c2cc(Br)ccc2OCc2ccc(F)cc2)C1=O. The van der Waals surface area contributed by atoms with Crippen molar-refractivity contribution in [2.75, 3.05) is 19.0 Å². The number of carbonyl (C=O) groups is 3. The maximum Gasteiger partial charge on any atom is 0.329 e. The summed E-state index contributed by atoms with van der Waals surface area (Å²) in [6, 6.07) is 17.2. The molecule has 0 atom stereocenters. The molecule has 3 aromatic carbocycles. The van der Waals surface area contributed by atoms with Crippen molar-refractivity contribution in [1.82, 2.24) is 10.2 Å². The molecule has 4 rings (SSSR count). The van der Waals surface area contributed by atoms with Gasteiger partial charge in [0.1, 0.15) is 36.2 Å². The average Bonchev–Trinajstić information content (AvgIpc) is 3.12. The van der Waals surface area contributed by atoms with Crippen molar-refractivity contribution >= 4 is 45.5 Å². The van der Waals surface area contributed by atoms with E-state index in [9.17, 15) is 18.8 Å². The monoisotopic (exact) mass is 553 g/mol. The number of nitrogens with one attached hydrogen (secondary N) is 2. The molecule has 1 fully saturated rings. The van der Waals surface area contributed by atoms with Gasteiger partial charge < -0.3 is 20.1 Å². The molecule has 0 saturated carbocycles. The third-order valence-corrected chi connectivity index (χ3v) is 5.72. The summed E-state index contributed by atoms with van der Waals surface area (Å²) < 4.78 is 25.0. The third-order valence-electron chi connectivity index (χ3n) is 5.22. The van der Waals surface area contributed by atoms with E-state index in [1.54, 1.807) is 54.6 Å². The zero-order valence-electron chi connectivity index (χ0n) is 19.1. The van der Waals surface area contributed by atoms with Gasteiger partial charge in [-0.3, -0.25) is 9.59 Å². The van der Waals surface area contributed by atoms with Crippen LogP contribution < -0.4 is 20.1 Å². The van der Waals surface area contributed by atoms with Gasteiger partial charge in [0.2, 0.25) is 5.91 Å². The fourth-order valence-corrected chi connectivity index (χ4v) is 3.84. The summed E-state index contributed by atoms with van der Waals surface area (Å²) in [5, 5.41) is 5.14. The first-order valence-electron chi connectivity index (χ1n) is 10.8. The van der Waals surface area contributed by atoms with Gasteiger partial charge in [0.15, 0.2) is 0 Å². The highest BCUT2D eigenvalue weighted by Gasteiger charge is 2.35. The molecule has 0 aromatic heterocycles. The molecule has 1 saturated heterocycles. The van der Waals surface area contributed by atoms with Crippen LogP contribution in [0.4, 0.5) is 14.9 Å². The number of hydrogen-bond donors (Lipinski definition) is 2. The molecule has 36 heavy (non-hydrogen) atoms. The van der Waals surface area contributed by atoms with Crippen molar-refractivity contribution in [3.63, 3.8) is 0 Å². The van der Waals surface area contributed by atoms with E-state index in [2.05, 4.69) is 26.6 Å². The van der Waals surface area contributed by atoms with Crippen molar-refractivity contribution in [1.29, 1.82) is 0 Å². The van der Waals surface area contributed by atoms with Gasteiger partial charge in [0.25, 0.3) is 5.91 Å². The number of ether oxygens (including phenoxy) is 2. The predicted octanol–water partition coefficient (Wildman–Crippen LogP) is 4.71. The lowest BCUT2D eigenvalue weighted by Crippen LogP contribution is -2.38. The number of hydrogen-bond acceptors (Lipinski definition) is 5. The number of benzene rings is 3. The molecule has 1 heterocycles. The largest absolute Gasteiger partial charge is 0.495 e. The molecule has 4 amide bonds. The van der Waals surface area contributed by atoms with Crippen LogP contribution in [0, 0.1) is 5.82 Å². The second-order valence-electron chi connectivity index (χ2n) is 7.73. The molecule has 2 N–H and O–H groups in total. The zero-order valence-corrected chi connectivity index (χ0v) is 20.7. The average molecular weight is 554 g/mol. The lowest BCUT2D eigenvalue weighted by atomic mass is 10.1. The number of anilines is 1. The van der Waals surface area contributed by atoms with Gasteiger partial charge in [-0.2, -0.15) is 0 Å². The van der Waals surface area contributed by atoms with Gasteiger partial charge in [-0.25, -0.2) is 14.1 Å². The number of imide groups is 1. The first-order valence-corrected chi connectivity index (χ1v) is 11.6. The van der Waals surface area contributed by atoms with Crippen LogP contribution in [-0.4, -0.2) is 36.4 Å². The number of carbonyl (C=O) groups excluding carboxylic acids is 3. The van der Waals surface area contributed by atoms with Crippen molar-refractivity contribution in [3.05, 3.63) is 93.8 Å². The van der Waals surface area contributed by atoms with Crippen molar-refractivity contribution in [2.45, 2.75) is 6.61 Å². The molecule has 0 bridgehead atoms. The van der Waals surface area contributed by atoms with Crippen molar-refractivity contribution in [2.24, 2.45) is 0 Å². The Hall–Kier alpha value is -4.18. The van der Waals surface area contributed by atoms with Gasteiger partial charge in [-0.05, 0) is 54.1 Å². The smallest absolute Gasteiger partial charge is 0.329 e. The number of nitrogens with zero attached hydrogens (tertiary/aromatic N) is 1. The Morgan fingerprint density at radius 2 is 1.83 bits per heavy atom. The second kappa shape index (κ2) is 11.0. The molecule has 0 spiro atoms. The van der Waals surface area contributed by atoms with Crippen LogP contribution in [-0.2, 0) is 16.2 Å². The van der Waals surface area contributed by atoms with Crippen LogP contribution in [0.3, 0.4) is 0 Å². The molecule has 1 aliphatic rings. The molecule has 8 nitrogen and oxygen atoms in total. The van der Waals surface area contributed by atoms with E-state index >= 15 is 0 Å². The summed E-state index contributed by atoms with van der Waals surface area (Å²) in [6.07, 6.45) is 1.48. The molecular formula is C26H21BrFN3O5. The Labute approximate surface area is 214 Å². The summed E-state index contributed by atoms with van der Waals surface area (Å²) in [5.74, 6) is -0.657. The van der Waals surface area contributed by atoms with E-state index in [-0.39, 0.29) is 18.1 Å². The van der Waals surface area contributed by atoms with Gasteiger partial charge in [-0.15, -0.1) is 0 Å².